The fourth-order valence-corrected chi connectivity index (χ4v) is 2.36. The molecule has 40 heavy (non-hydrogen) atoms. The number of allylic oxidation sites excluding steroid dienone is 1. The first kappa shape index (κ1) is 34.6. The minimum Gasteiger partial charge on any atom is -0.449 e. The van der Waals surface area contributed by atoms with Crippen LogP contribution < -0.4 is 15.4 Å². The number of carbonyl (C=O) groups excluding carboxylic acids is 2. The number of hydrogen-bond donors (Lipinski definition) is 2. The standard InChI is InChI=1S/C22H23F11N2O5/c1-10(2)8-38-17(36)34-13-6-5-12(7-14(13)35-18(37)39-9-11(3)4)40-16(24)15(23)19(25,26)20(27,28)21(29,30)22(31,32)33/h5-7,10-11H,8-9H2,1-4H3,(H,34,36)(H,35,37). The van der Waals surface area contributed by atoms with Crippen molar-refractivity contribution in [2.24, 2.45) is 11.8 Å². The molecule has 1 aromatic carbocycles. The lowest BCUT2D eigenvalue weighted by Gasteiger charge is -2.32. The van der Waals surface area contributed by atoms with E-state index >= 15 is 0 Å². The molecule has 7 nitrogen and oxygen atoms in total. The first-order valence-electron chi connectivity index (χ1n) is 11.0. The summed E-state index contributed by atoms with van der Waals surface area (Å²) in [4.78, 5) is 24.0. The molecule has 18 heteroatoms. The van der Waals surface area contributed by atoms with Crippen molar-refractivity contribution in [3.8, 4) is 5.75 Å². The van der Waals surface area contributed by atoms with Gasteiger partial charge in [0.2, 0.25) is 5.83 Å². The Hall–Kier alpha value is -3.47. The van der Waals surface area contributed by atoms with Crippen LogP contribution in [0.1, 0.15) is 27.7 Å². The first-order chi connectivity index (χ1) is 18.0. The Bertz CT molecular complexity index is 1090. The minimum absolute atomic E-state index is 0.0618. The molecule has 2 amide bonds. The molecular weight excluding hydrogens is 581 g/mol. The quantitative estimate of drug-likeness (QED) is 0.197. The summed E-state index contributed by atoms with van der Waals surface area (Å²) in [5.41, 5.74) is -0.865. The molecule has 0 saturated heterocycles. The average Bonchev–Trinajstić information content (AvgIpc) is 2.81. The maximum atomic E-state index is 14.0. The van der Waals surface area contributed by atoms with Crippen molar-refractivity contribution in [1.29, 1.82) is 0 Å². The third kappa shape index (κ3) is 8.27. The van der Waals surface area contributed by atoms with Crippen molar-refractivity contribution < 1.29 is 72.1 Å². The minimum atomic E-state index is -7.49. The Morgan fingerprint density at radius 3 is 1.62 bits per heavy atom. The van der Waals surface area contributed by atoms with Gasteiger partial charge in [-0.25, -0.2) is 9.59 Å². The first-order valence-corrected chi connectivity index (χ1v) is 11.0. The van der Waals surface area contributed by atoms with Crippen LogP contribution in [-0.4, -0.2) is 49.3 Å². The Morgan fingerprint density at radius 2 is 1.20 bits per heavy atom. The molecule has 0 aliphatic carbocycles. The van der Waals surface area contributed by atoms with E-state index in [4.69, 9.17) is 9.47 Å². The summed E-state index contributed by atoms with van der Waals surface area (Å²) in [5.74, 6) is -27.4. The van der Waals surface area contributed by atoms with E-state index in [1.165, 1.54) is 0 Å². The lowest BCUT2D eigenvalue weighted by molar-refractivity contribution is -0.392. The third-order valence-electron chi connectivity index (χ3n) is 4.36. The second-order valence-electron chi connectivity index (χ2n) is 8.85. The van der Waals surface area contributed by atoms with E-state index in [9.17, 15) is 57.9 Å². The molecule has 1 aromatic rings. The lowest BCUT2D eigenvalue weighted by atomic mass is 10.0. The van der Waals surface area contributed by atoms with E-state index in [-0.39, 0.29) is 30.7 Å². The predicted octanol–water partition coefficient (Wildman–Crippen LogP) is 8.05. The van der Waals surface area contributed by atoms with Gasteiger partial charge in [-0.15, -0.1) is 0 Å². The van der Waals surface area contributed by atoms with Crippen molar-refractivity contribution in [2.75, 3.05) is 23.8 Å². The van der Waals surface area contributed by atoms with E-state index in [0.29, 0.717) is 12.1 Å². The predicted molar refractivity (Wildman–Crippen MR) is 117 cm³/mol. The van der Waals surface area contributed by atoms with Crippen LogP contribution in [0.2, 0.25) is 0 Å². The number of benzene rings is 1. The zero-order chi connectivity index (χ0) is 31.3. The Kier molecular flexibility index (Phi) is 11.1. The summed E-state index contributed by atoms with van der Waals surface area (Å²) < 4.78 is 158. The Morgan fingerprint density at radius 1 is 0.750 bits per heavy atom. The molecule has 0 saturated carbocycles. The molecule has 0 radical (unpaired) electrons. The second-order valence-corrected chi connectivity index (χ2v) is 8.85. The van der Waals surface area contributed by atoms with Gasteiger partial charge in [-0.2, -0.15) is 48.3 Å². The summed E-state index contributed by atoms with van der Waals surface area (Å²) >= 11 is 0. The number of ether oxygens (including phenoxy) is 3. The number of nitrogens with one attached hydrogen (secondary N) is 2. The highest BCUT2D eigenvalue weighted by atomic mass is 19.4. The number of alkyl halides is 9. The molecule has 0 atom stereocenters. The number of anilines is 2. The summed E-state index contributed by atoms with van der Waals surface area (Å²) in [6.07, 6.45) is -9.53. The molecule has 0 spiro atoms. The van der Waals surface area contributed by atoms with E-state index in [1.807, 2.05) is 5.32 Å². The Balaban J connectivity index is 3.38. The SMILES string of the molecule is CC(C)COC(=O)Nc1ccc(OC(F)=C(F)C(F)(F)C(F)(F)C(F)(F)C(F)(F)F)cc1NC(=O)OCC(C)C. The van der Waals surface area contributed by atoms with Gasteiger partial charge in [-0.1, -0.05) is 27.7 Å². The fourth-order valence-electron chi connectivity index (χ4n) is 2.36. The van der Waals surface area contributed by atoms with Crippen LogP contribution in [-0.2, 0) is 9.47 Å². The molecule has 0 fully saturated rings. The number of rotatable bonds is 11. The molecule has 1 rings (SSSR count). The highest BCUT2D eigenvalue weighted by Gasteiger charge is 2.83. The molecule has 0 aliphatic heterocycles. The van der Waals surface area contributed by atoms with E-state index in [0.717, 1.165) is 6.07 Å². The van der Waals surface area contributed by atoms with Crippen LogP contribution in [0.15, 0.2) is 30.0 Å². The number of amides is 2. The molecule has 0 aromatic heterocycles. The van der Waals surface area contributed by atoms with Crippen LogP contribution in [0, 0.1) is 11.8 Å². The molecule has 0 unspecified atom stereocenters. The van der Waals surface area contributed by atoms with Crippen molar-refractivity contribution in [2.45, 2.75) is 51.6 Å². The van der Waals surface area contributed by atoms with E-state index < -0.39 is 59.4 Å². The van der Waals surface area contributed by atoms with E-state index in [2.05, 4.69) is 10.1 Å². The summed E-state index contributed by atoms with van der Waals surface area (Å²) in [5, 5.41) is 4.17. The van der Waals surface area contributed by atoms with Gasteiger partial charge in [-0.05, 0) is 24.0 Å². The molecule has 0 bridgehead atoms. The van der Waals surface area contributed by atoms with Crippen molar-refractivity contribution in [1.82, 2.24) is 0 Å². The normalized spacial score (nSPS) is 13.6. The summed E-state index contributed by atoms with van der Waals surface area (Å²) in [7, 11) is 0. The van der Waals surface area contributed by atoms with Gasteiger partial charge in [0.05, 0.1) is 24.6 Å². The third-order valence-corrected chi connectivity index (χ3v) is 4.36. The van der Waals surface area contributed by atoms with Gasteiger partial charge >= 0.3 is 42.1 Å². The average molecular weight is 604 g/mol. The zero-order valence-electron chi connectivity index (χ0n) is 21.0. The van der Waals surface area contributed by atoms with Crippen LogP contribution in [0.25, 0.3) is 0 Å². The second kappa shape index (κ2) is 12.8. The largest absolute Gasteiger partial charge is 0.460 e. The van der Waals surface area contributed by atoms with Crippen molar-refractivity contribution in [3.63, 3.8) is 0 Å². The molecule has 0 aliphatic rings. The van der Waals surface area contributed by atoms with Crippen LogP contribution in [0.3, 0.4) is 0 Å². The maximum Gasteiger partial charge on any atom is 0.460 e. The van der Waals surface area contributed by atoms with Gasteiger partial charge < -0.3 is 14.2 Å². The highest BCUT2D eigenvalue weighted by Crippen LogP contribution is 2.55. The summed E-state index contributed by atoms with van der Waals surface area (Å²) in [6, 6.07) is -1.41. The van der Waals surface area contributed by atoms with Crippen molar-refractivity contribution in [3.05, 3.63) is 30.0 Å². The van der Waals surface area contributed by atoms with Gasteiger partial charge in [0.1, 0.15) is 5.75 Å². The maximum absolute atomic E-state index is 14.0. The molecule has 228 valence electrons. The smallest absolute Gasteiger partial charge is 0.449 e. The number of carbonyl (C=O) groups is 2. The molecule has 2 N–H and O–H groups in total. The monoisotopic (exact) mass is 604 g/mol. The van der Waals surface area contributed by atoms with Gasteiger partial charge in [-0.3, -0.25) is 10.6 Å². The topological polar surface area (TPSA) is 85.9 Å². The molecule has 0 heterocycles. The van der Waals surface area contributed by atoms with Crippen LogP contribution in [0.4, 0.5) is 69.3 Å². The Labute approximate surface area is 219 Å². The van der Waals surface area contributed by atoms with Crippen LogP contribution >= 0.6 is 0 Å². The zero-order valence-corrected chi connectivity index (χ0v) is 21.0. The highest BCUT2D eigenvalue weighted by molar-refractivity contribution is 5.95. The fraction of sp³-hybridized carbons (Fsp3) is 0.545. The molecular formula is C22H23F11N2O5. The van der Waals surface area contributed by atoms with E-state index in [1.54, 1.807) is 27.7 Å². The van der Waals surface area contributed by atoms with Crippen LogP contribution in [0.5, 0.6) is 5.75 Å². The van der Waals surface area contributed by atoms with Gasteiger partial charge in [0.25, 0.3) is 0 Å². The van der Waals surface area contributed by atoms with Crippen molar-refractivity contribution >= 4 is 23.6 Å². The number of halogens is 11. The summed E-state index contributed by atoms with van der Waals surface area (Å²) in [6.45, 7) is 6.52. The van der Waals surface area contributed by atoms with Gasteiger partial charge in [0, 0.05) is 6.07 Å². The lowest BCUT2D eigenvalue weighted by Crippen LogP contribution is -2.61. The van der Waals surface area contributed by atoms with Gasteiger partial charge in [0.15, 0.2) is 0 Å². The number of hydrogen-bond acceptors (Lipinski definition) is 5.